The number of nitrogens with one attached hydrogen (secondary N) is 1. The Kier molecular flexibility index (Phi) is 5.89. The maximum Gasteiger partial charge on any atom is 0.228 e. The number of carbonyl (C=O) groups excluding carboxylic acids is 2. The van der Waals surface area contributed by atoms with Crippen molar-refractivity contribution in [3.8, 4) is 11.1 Å². The molecule has 30 heavy (non-hydrogen) atoms. The molecule has 1 aromatic heterocycles. The molecule has 0 spiro atoms. The average molecular weight is 406 g/mol. The number of piperidine rings is 1. The van der Waals surface area contributed by atoms with Gasteiger partial charge in [-0.05, 0) is 74.8 Å². The summed E-state index contributed by atoms with van der Waals surface area (Å²) < 4.78 is 0. The van der Waals surface area contributed by atoms with Crippen LogP contribution in [-0.2, 0) is 16.0 Å². The van der Waals surface area contributed by atoms with Crippen LogP contribution in [0.4, 0.5) is 0 Å². The molecule has 5 nitrogen and oxygen atoms in total. The van der Waals surface area contributed by atoms with E-state index in [1.165, 1.54) is 0 Å². The Morgan fingerprint density at radius 3 is 2.63 bits per heavy atom. The molecule has 4 rings (SSSR count). The Bertz CT molecular complexity index is 908. The molecule has 1 N–H and O–H groups in total. The Morgan fingerprint density at radius 1 is 1.17 bits per heavy atom. The summed E-state index contributed by atoms with van der Waals surface area (Å²) in [4.78, 5) is 32.2. The summed E-state index contributed by atoms with van der Waals surface area (Å²) in [5.74, 6) is 0.492. The average Bonchev–Trinajstić information content (AvgIpc) is 3.59. The third kappa shape index (κ3) is 4.55. The summed E-state index contributed by atoms with van der Waals surface area (Å²) in [5, 5.41) is 3.14. The van der Waals surface area contributed by atoms with Gasteiger partial charge in [-0.2, -0.15) is 0 Å². The van der Waals surface area contributed by atoms with Crippen molar-refractivity contribution in [3.05, 3.63) is 54.4 Å². The number of aromatic nitrogens is 1. The Balaban J connectivity index is 1.62. The number of nitrogens with zero attached hydrogens (tertiary/aromatic N) is 2. The molecule has 1 saturated heterocycles. The molecular formula is C25H31N3O2. The Morgan fingerprint density at radius 2 is 1.93 bits per heavy atom. The van der Waals surface area contributed by atoms with Crippen LogP contribution in [0.25, 0.3) is 11.1 Å². The fourth-order valence-corrected chi connectivity index (χ4v) is 4.53. The number of likely N-dealkylation sites (tertiary alicyclic amines) is 1. The van der Waals surface area contributed by atoms with Crippen molar-refractivity contribution in [2.24, 2.45) is 11.3 Å². The molecule has 2 amide bonds. The van der Waals surface area contributed by atoms with Crippen LogP contribution in [0, 0.1) is 11.3 Å². The summed E-state index contributed by atoms with van der Waals surface area (Å²) in [5.41, 5.74) is 2.78. The first-order valence-corrected chi connectivity index (χ1v) is 11.1. The highest BCUT2D eigenvalue weighted by Gasteiger charge is 2.45. The molecule has 0 bridgehead atoms. The van der Waals surface area contributed by atoms with E-state index < -0.39 is 5.41 Å². The third-order valence-electron chi connectivity index (χ3n) is 6.20. The molecule has 1 aliphatic heterocycles. The largest absolute Gasteiger partial charge is 0.353 e. The van der Waals surface area contributed by atoms with E-state index in [2.05, 4.69) is 34.6 Å². The zero-order valence-electron chi connectivity index (χ0n) is 17.9. The molecule has 158 valence electrons. The summed E-state index contributed by atoms with van der Waals surface area (Å²) >= 11 is 0. The number of hydrogen-bond acceptors (Lipinski definition) is 3. The van der Waals surface area contributed by atoms with E-state index in [0.29, 0.717) is 13.0 Å². The van der Waals surface area contributed by atoms with Gasteiger partial charge in [0, 0.05) is 37.4 Å². The van der Waals surface area contributed by atoms with Crippen molar-refractivity contribution in [2.75, 3.05) is 13.1 Å². The second-order valence-corrected chi connectivity index (χ2v) is 9.16. The normalized spacial score (nSPS) is 21.5. The molecule has 1 aromatic carbocycles. The van der Waals surface area contributed by atoms with Crippen molar-refractivity contribution in [1.82, 2.24) is 15.2 Å². The van der Waals surface area contributed by atoms with Gasteiger partial charge in [0.05, 0.1) is 5.41 Å². The lowest BCUT2D eigenvalue weighted by Gasteiger charge is -2.42. The first-order valence-electron chi connectivity index (χ1n) is 11.1. The first kappa shape index (κ1) is 20.6. The Hall–Kier alpha value is -2.69. The second-order valence-electron chi connectivity index (χ2n) is 9.16. The van der Waals surface area contributed by atoms with E-state index in [1.54, 1.807) is 12.4 Å². The van der Waals surface area contributed by atoms with Crippen LogP contribution in [0.2, 0.25) is 0 Å². The molecule has 1 saturated carbocycles. The molecule has 5 heteroatoms. The topological polar surface area (TPSA) is 62.3 Å². The monoisotopic (exact) mass is 405 g/mol. The molecule has 1 aliphatic carbocycles. The maximum absolute atomic E-state index is 13.4. The highest BCUT2D eigenvalue weighted by molar-refractivity contribution is 5.86. The molecule has 0 radical (unpaired) electrons. The van der Waals surface area contributed by atoms with E-state index in [0.717, 1.165) is 48.9 Å². The molecule has 0 unspecified atom stereocenters. The number of benzene rings is 1. The minimum absolute atomic E-state index is 0.0695. The highest BCUT2D eigenvalue weighted by atomic mass is 16.2. The van der Waals surface area contributed by atoms with Gasteiger partial charge in [0.1, 0.15) is 0 Å². The van der Waals surface area contributed by atoms with Crippen LogP contribution in [0.15, 0.2) is 48.8 Å². The van der Waals surface area contributed by atoms with Crippen LogP contribution in [0.5, 0.6) is 0 Å². The summed E-state index contributed by atoms with van der Waals surface area (Å²) in [7, 11) is 0. The second kappa shape index (κ2) is 8.58. The van der Waals surface area contributed by atoms with Gasteiger partial charge in [-0.15, -0.1) is 0 Å². The molecule has 2 aromatic rings. The SMILES string of the molecule is CC(C)NC(=O)[C@]1(Cc2cccc(-c3ccncc3)c2)CCCN(C(=O)C2CC2)C1. The van der Waals surface area contributed by atoms with Crippen molar-refractivity contribution < 1.29 is 9.59 Å². The van der Waals surface area contributed by atoms with Gasteiger partial charge in [-0.25, -0.2) is 0 Å². The maximum atomic E-state index is 13.4. The van der Waals surface area contributed by atoms with E-state index in [9.17, 15) is 9.59 Å². The van der Waals surface area contributed by atoms with Crippen molar-refractivity contribution in [1.29, 1.82) is 0 Å². The van der Waals surface area contributed by atoms with Crippen molar-refractivity contribution in [2.45, 2.75) is 52.0 Å². The van der Waals surface area contributed by atoms with Crippen molar-refractivity contribution >= 4 is 11.8 Å². The molecular weight excluding hydrogens is 374 g/mol. The summed E-state index contributed by atoms with van der Waals surface area (Å²) in [6.45, 7) is 5.26. The van der Waals surface area contributed by atoms with Gasteiger partial charge < -0.3 is 10.2 Å². The van der Waals surface area contributed by atoms with Crippen LogP contribution < -0.4 is 5.32 Å². The van der Waals surface area contributed by atoms with E-state index >= 15 is 0 Å². The predicted octanol–water partition coefficient (Wildman–Crippen LogP) is 3.83. The van der Waals surface area contributed by atoms with Gasteiger partial charge in [0.15, 0.2) is 0 Å². The van der Waals surface area contributed by atoms with Crippen LogP contribution >= 0.6 is 0 Å². The van der Waals surface area contributed by atoms with Gasteiger partial charge in [-0.3, -0.25) is 14.6 Å². The summed E-state index contributed by atoms with van der Waals surface area (Å²) in [6, 6.07) is 12.5. The quantitative estimate of drug-likeness (QED) is 0.794. The molecule has 2 aliphatic rings. The van der Waals surface area contributed by atoms with E-state index in [4.69, 9.17) is 0 Å². The zero-order valence-corrected chi connectivity index (χ0v) is 17.9. The third-order valence-corrected chi connectivity index (χ3v) is 6.20. The number of pyridine rings is 1. The van der Waals surface area contributed by atoms with Crippen LogP contribution in [0.1, 0.15) is 45.1 Å². The molecule has 2 fully saturated rings. The van der Waals surface area contributed by atoms with E-state index in [1.807, 2.05) is 30.9 Å². The Labute approximate surface area is 178 Å². The van der Waals surface area contributed by atoms with Gasteiger partial charge in [0.25, 0.3) is 0 Å². The number of rotatable bonds is 6. The smallest absolute Gasteiger partial charge is 0.228 e. The lowest BCUT2D eigenvalue weighted by Crippen LogP contribution is -2.55. The molecule has 2 heterocycles. The van der Waals surface area contributed by atoms with E-state index in [-0.39, 0.29) is 23.8 Å². The predicted molar refractivity (Wildman–Crippen MR) is 118 cm³/mol. The van der Waals surface area contributed by atoms with Gasteiger partial charge >= 0.3 is 0 Å². The highest BCUT2D eigenvalue weighted by Crippen LogP contribution is 2.38. The first-order chi connectivity index (χ1) is 14.5. The number of amides is 2. The fourth-order valence-electron chi connectivity index (χ4n) is 4.53. The van der Waals surface area contributed by atoms with Crippen LogP contribution in [0.3, 0.4) is 0 Å². The van der Waals surface area contributed by atoms with Crippen LogP contribution in [-0.4, -0.2) is 40.8 Å². The summed E-state index contributed by atoms with van der Waals surface area (Å²) in [6.07, 6.45) is 7.89. The minimum atomic E-state index is -0.579. The fraction of sp³-hybridized carbons (Fsp3) is 0.480. The zero-order chi connectivity index (χ0) is 21.1. The number of hydrogen-bond donors (Lipinski definition) is 1. The molecule has 1 atom stereocenters. The standard InChI is InChI=1S/C25H31N3O2/c1-18(2)27-24(30)25(11-4-14-28(17-25)23(29)21-7-8-21)16-19-5-3-6-22(15-19)20-9-12-26-13-10-20/h3,5-6,9-10,12-13,15,18,21H,4,7-8,11,14,16-17H2,1-2H3,(H,27,30)/t25-/m0/s1. The lowest BCUT2D eigenvalue weighted by molar-refractivity contribution is -0.142. The minimum Gasteiger partial charge on any atom is -0.353 e. The lowest BCUT2D eigenvalue weighted by atomic mass is 9.73. The van der Waals surface area contributed by atoms with Gasteiger partial charge in [0.2, 0.25) is 11.8 Å². The number of carbonyl (C=O) groups is 2. The van der Waals surface area contributed by atoms with Crippen molar-refractivity contribution in [3.63, 3.8) is 0 Å². The van der Waals surface area contributed by atoms with Gasteiger partial charge in [-0.1, -0.05) is 24.3 Å².